The van der Waals surface area contributed by atoms with Gasteiger partial charge in [-0.2, -0.15) is 5.10 Å². The molecule has 0 aromatic heterocycles. The van der Waals surface area contributed by atoms with Crippen LogP contribution in [0.2, 0.25) is 0 Å². The predicted octanol–water partition coefficient (Wildman–Crippen LogP) is 3.09. The topological polar surface area (TPSA) is 80.2 Å². The zero-order valence-corrected chi connectivity index (χ0v) is 17.1. The van der Waals surface area contributed by atoms with Crippen molar-refractivity contribution in [2.24, 2.45) is 5.10 Å². The molecule has 3 heterocycles. The van der Waals surface area contributed by atoms with Crippen molar-refractivity contribution in [3.05, 3.63) is 59.7 Å². The van der Waals surface area contributed by atoms with Crippen molar-refractivity contribution < 1.29 is 19.1 Å². The SMILES string of the molecule is O=C(C=C1NCCc2cc3c(cc21)OCCCO3)C1=NN(c2ccccc2)C(=O)CC1. The molecule has 0 aliphatic carbocycles. The number of para-hydroxylation sites is 1. The number of amides is 1. The lowest BCUT2D eigenvalue weighted by molar-refractivity contribution is -0.118. The molecule has 2 aromatic rings. The molecule has 0 saturated heterocycles. The van der Waals surface area contributed by atoms with E-state index in [4.69, 9.17) is 9.47 Å². The van der Waals surface area contributed by atoms with Gasteiger partial charge >= 0.3 is 0 Å². The first kappa shape index (κ1) is 19.4. The number of hydrazone groups is 1. The van der Waals surface area contributed by atoms with Crippen LogP contribution in [0, 0.1) is 0 Å². The van der Waals surface area contributed by atoms with E-state index in [9.17, 15) is 9.59 Å². The number of anilines is 1. The number of ether oxygens (including phenoxy) is 2. The highest BCUT2D eigenvalue weighted by Gasteiger charge is 2.26. The van der Waals surface area contributed by atoms with E-state index in [1.54, 1.807) is 18.2 Å². The Labute approximate surface area is 180 Å². The minimum absolute atomic E-state index is 0.114. The summed E-state index contributed by atoms with van der Waals surface area (Å²) in [5.41, 5.74) is 3.84. The quantitative estimate of drug-likeness (QED) is 0.777. The molecule has 158 valence electrons. The Bertz CT molecular complexity index is 1090. The highest BCUT2D eigenvalue weighted by molar-refractivity contribution is 6.46. The number of carbonyl (C=O) groups is 2. The molecule has 0 bridgehead atoms. The van der Waals surface area contributed by atoms with Crippen LogP contribution in [-0.4, -0.2) is 37.2 Å². The molecular weight excluding hydrogens is 394 g/mol. The summed E-state index contributed by atoms with van der Waals surface area (Å²) in [5.74, 6) is 1.15. The smallest absolute Gasteiger partial charge is 0.247 e. The van der Waals surface area contributed by atoms with Gasteiger partial charge in [-0.15, -0.1) is 0 Å². The van der Waals surface area contributed by atoms with Crippen LogP contribution in [0.15, 0.2) is 53.6 Å². The maximum absolute atomic E-state index is 13.1. The highest BCUT2D eigenvalue weighted by Crippen LogP contribution is 2.36. The Balaban J connectivity index is 1.46. The summed E-state index contributed by atoms with van der Waals surface area (Å²) in [5, 5.41) is 9.02. The van der Waals surface area contributed by atoms with Crippen LogP contribution >= 0.6 is 0 Å². The molecule has 0 spiro atoms. The fraction of sp³-hybridized carbons (Fsp3) is 0.292. The molecule has 1 amide bonds. The van der Waals surface area contributed by atoms with Crippen LogP contribution < -0.4 is 19.8 Å². The summed E-state index contributed by atoms with van der Waals surface area (Å²) in [6.45, 7) is 1.98. The lowest BCUT2D eigenvalue weighted by atomic mass is 9.95. The Morgan fingerprint density at radius 1 is 1.03 bits per heavy atom. The molecule has 2 aromatic carbocycles. The second kappa shape index (κ2) is 8.26. The number of hydrogen-bond acceptors (Lipinski definition) is 6. The van der Waals surface area contributed by atoms with Crippen molar-refractivity contribution in [3.8, 4) is 11.5 Å². The van der Waals surface area contributed by atoms with E-state index in [0.29, 0.717) is 36.8 Å². The normalized spacial score (nSPS) is 19.2. The summed E-state index contributed by atoms with van der Waals surface area (Å²) in [4.78, 5) is 25.4. The van der Waals surface area contributed by atoms with Crippen LogP contribution in [0.3, 0.4) is 0 Å². The maximum Gasteiger partial charge on any atom is 0.247 e. The lowest BCUT2D eigenvalue weighted by Gasteiger charge is -2.24. The van der Waals surface area contributed by atoms with Crippen molar-refractivity contribution in [1.29, 1.82) is 0 Å². The molecular formula is C24H23N3O4. The van der Waals surface area contributed by atoms with Gasteiger partial charge in [0, 0.05) is 43.1 Å². The predicted molar refractivity (Wildman–Crippen MR) is 117 cm³/mol. The molecule has 0 fully saturated rings. The largest absolute Gasteiger partial charge is 0.490 e. The van der Waals surface area contributed by atoms with Crippen molar-refractivity contribution in [1.82, 2.24) is 5.32 Å². The zero-order chi connectivity index (χ0) is 21.2. The average Bonchev–Trinajstić information content (AvgIpc) is 3.03. The van der Waals surface area contributed by atoms with Crippen LogP contribution in [0.5, 0.6) is 11.5 Å². The van der Waals surface area contributed by atoms with E-state index >= 15 is 0 Å². The third kappa shape index (κ3) is 3.91. The number of nitrogens with one attached hydrogen (secondary N) is 1. The number of allylic oxidation sites excluding steroid dienone is 1. The van der Waals surface area contributed by atoms with Crippen molar-refractivity contribution in [3.63, 3.8) is 0 Å². The summed E-state index contributed by atoms with van der Waals surface area (Å²) in [6.07, 6.45) is 3.86. The van der Waals surface area contributed by atoms with Crippen LogP contribution in [0.4, 0.5) is 5.69 Å². The van der Waals surface area contributed by atoms with Gasteiger partial charge in [-0.05, 0) is 36.2 Å². The van der Waals surface area contributed by atoms with Gasteiger partial charge in [-0.25, -0.2) is 5.01 Å². The Morgan fingerprint density at radius 3 is 2.61 bits per heavy atom. The minimum Gasteiger partial charge on any atom is -0.490 e. The Kier molecular flexibility index (Phi) is 5.16. The summed E-state index contributed by atoms with van der Waals surface area (Å²) >= 11 is 0. The van der Waals surface area contributed by atoms with Crippen molar-refractivity contribution >= 4 is 28.8 Å². The van der Waals surface area contributed by atoms with Gasteiger partial charge in [0.25, 0.3) is 0 Å². The fourth-order valence-electron chi connectivity index (χ4n) is 3.98. The van der Waals surface area contributed by atoms with Gasteiger partial charge < -0.3 is 14.8 Å². The molecule has 3 aliphatic heterocycles. The molecule has 0 atom stereocenters. The monoisotopic (exact) mass is 417 g/mol. The van der Waals surface area contributed by atoms with Gasteiger partial charge in [0.1, 0.15) is 5.71 Å². The van der Waals surface area contributed by atoms with E-state index < -0.39 is 0 Å². The van der Waals surface area contributed by atoms with Gasteiger partial charge in [-0.3, -0.25) is 9.59 Å². The van der Waals surface area contributed by atoms with Gasteiger partial charge in [0.15, 0.2) is 11.5 Å². The van der Waals surface area contributed by atoms with Crippen LogP contribution in [-0.2, 0) is 16.0 Å². The van der Waals surface area contributed by atoms with Gasteiger partial charge in [0.2, 0.25) is 11.7 Å². The first-order valence-electron chi connectivity index (χ1n) is 10.6. The average molecular weight is 417 g/mol. The van der Waals surface area contributed by atoms with E-state index in [1.165, 1.54) is 5.01 Å². The molecule has 7 nitrogen and oxygen atoms in total. The minimum atomic E-state index is -0.198. The first-order chi connectivity index (χ1) is 15.2. The first-order valence-corrected chi connectivity index (χ1v) is 10.6. The third-order valence-corrected chi connectivity index (χ3v) is 5.57. The zero-order valence-electron chi connectivity index (χ0n) is 17.1. The van der Waals surface area contributed by atoms with E-state index in [2.05, 4.69) is 10.4 Å². The second-order valence-electron chi connectivity index (χ2n) is 7.69. The summed E-state index contributed by atoms with van der Waals surface area (Å²) in [6, 6.07) is 13.1. The molecule has 31 heavy (non-hydrogen) atoms. The molecule has 0 radical (unpaired) electrons. The van der Waals surface area contributed by atoms with Crippen LogP contribution in [0.25, 0.3) is 5.70 Å². The Morgan fingerprint density at radius 2 is 1.81 bits per heavy atom. The van der Waals surface area contributed by atoms with Crippen molar-refractivity contribution in [2.45, 2.75) is 25.7 Å². The summed E-state index contributed by atoms with van der Waals surface area (Å²) < 4.78 is 11.6. The number of rotatable bonds is 3. The lowest BCUT2D eigenvalue weighted by Crippen LogP contribution is -2.34. The standard InChI is InChI=1S/C24H23N3O4/c28-21(19-7-8-24(29)27(26-19)17-5-2-1-3-6-17)15-20-18-14-23-22(30-11-4-12-31-23)13-16(18)9-10-25-20/h1-3,5-6,13-15,25H,4,7-12H2. The summed E-state index contributed by atoms with van der Waals surface area (Å²) in [7, 11) is 0. The van der Waals surface area contributed by atoms with Crippen molar-refractivity contribution in [2.75, 3.05) is 24.8 Å². The number of benzene rings is 2. The fourth-order valence-corrected chi connectivity index (χ4v) is 3.98. The molecule has 1 N–H and O–H groups in total. The molecule has 0 saturated carbocycles. The second-order valence-corrected chi connectivity index (χ2v) is 7.69. The third-order valence-electron chi connectivity index (χ3n) is 5.57. The maximum atomic E-state index is 13.1. The Hall–Kier alpha value is -3.61. The van der Waals surface area contributed by atoms with Gasteiger partial charge in [-0.1, -0.05) is 18.2 Å². The molecule has 7 heteroatoms. The van der Waals surface area contributed by atoms with Crippen LogP contribution in [0.1, 0.15) is 30.4 Å². The van der Waals surface area contributed by atoms with E-state index in [1.807, 2.05) is 30.3 Å². The molecule has 0 unspecified atom stereocenters. The van der Waals surface area contributed by atoms with E-state index in [0.717, 1.165) is 42.0 Å². The number of carbonyl (C=O) groups excluding carboxylic acids is 2. The highest BCUT2D eigenvalue weighted by atomic mass is 16.5. The molecule has 5 rings (SSSR count). The number of ketones is 1. The molecule has 3 aliphatic rings. The van der Waals surface area contributed by atoms with E-state index in [-0.39, 0.29) is 18.1 Å². The number of nitrogens with zero attached hydrogens (tertiary/aromatic N) is 2. The van der Waals surface area contributed by atoms with Gasteiger partial charge in [0.05, 0.1) is 18.9 Å². The number of fused-ring (bicyclic) bond motifs is 2. The number of hydrogen-bond donors (Lipinski definition) is 1.